The van der Waals surface area contributed by atoms with Crippen LogP contribution in [0.3, 0.4) is 0 Å². The van der Waals surface area contributed by atoms with Gasteiger partial charge in [0.2, 0.25) is 0 Å². The monoisotopic (exact) mass is 373 g/mol. The van der Waals surface area contributed by atoms with Crippen molar-refractivity contribution < 1.29 is 19.0 Å². The first-order valence-corrected chi connectivity index (χ1v) is 10.5. The largest absolute Gasteiger partial charge is 0.491 e. The lowest BCUT2D eigenvalue weighted by atomic mass is 9.78. The molecule has 0 radical (unpaired) electrons. The summed E-state index contributed by atoms with van der Waals surface area (Å²) in [5, 5.41) is 28.6. The van der Waals surface area contributed by atoms with Crippen LogP contribution in [-0.2, 0) is 4.57 Å². The fourth-order valence-electron chi connectivity index (χ4n) is 2.81. The number of nitrogens with two attached hydrogens (primary N) is 1. The molecule has 0 fully saturated rings. The third-order valence-electron chi connectivity index (χ3n) is 4.29. The number of halogens is 1. The fraction of sp³-hybridized carbons (Fsp3) is 0.176. The molecule has 4 N–H and O–H groups in total. The van der Waals surface area contributed by atoms with Gasteiger partial charge in [-0.05, 0) is 50.1 Å². The quantitative estimate of drug-likeness (QED) is 0.471. The maximum absolute atomic E-state index is 14.9. The van der Waals surface area contributed by atoms with Crippen LogP contribution in [0.5, 0.6) is 0 Å². The Morgan fingerprint density at radius 2 is 1.81 bits per heavy atom. The zero-order valence-electron chi connectivity index (χ0n) is 14.6. The molecule has 0 atom stereocenters. The van der Waals surface area contributed by atoms with Gasteiger partial charge >= 0.3 is 7.12 Å². The number of rotatable bonds is 3. The van der Waals surface area contributed by atoms with Crippen LogP contribution in [0.2, 0.25) is 0 Å². The van der Waals surface area contributed by atoms with Crippen molar-refractivity contribution in [3.8, 4) is 11.1 Å². The Hall–Kier alpha value is -2.28. The molecule has 0 unspecified atom stereocenters. The van der Waals surface area contributed by atoms with Crippen molar-refractivity contribution in [1.29, 1.82) is 0 Å². The maximum atomic E-state index is 14.9. The van der Waals surface area contributed by atoms with Crippen LogP contribution in [0, 0.1) is 12.7 Å². The zero-order valence-corrected chi connectivity index (χ0v) is 15.5. The predicted molar refractivity (Wildman–Crippen MR) is 103 cm³/mol. The van der Waals surface area contributed by atoms with Crippen LogP contribution in [0.15, 0.2) is 30.3 Å². The molecule has 3 aromatic rings. The van der Waals surface area contributed by atoms with Gasteiger partial charge in [0.1, 0.15) is 13.0 Å². The van der Waals surface area contributed by atoms with Crippen molar-refractivity contribution in [2.75, 3.05) is 19.1 Å². The summed E-state index contributed by atoms with van der Waals surface area (Å²) in [7, 11) is -4.76. The number of hydrogen-bond donors (Lipinski definition) is 3. The van der Waals surface area contributed by atoms with Gasteiger partial charge in [-0.25, -0.2) is 4.39 Å². The van der Waals surface area contributed by atoms with Crippen molar-refractivity contribution in [1.82, 2.24) is 10.2 Å². The first-order valence-electron chi connectivity index (χ1n) is 7.87. The lowest BCUT2D eigenvalue weighted by Gasteiger charge is -2.15. The molecule has 1 aromatic heterocycles. The predicted octanol–water partition coefficient (Wildman–Crippen LogP) is 1.25. The van der Waals surface area contributed by atoms with Crippen LogP contribution in [0.4, 0.5) is 10.2 Å². The number of anilines is 1. The first-order chi connectivity index (χ1) is 12.1. The van der Waals surface area contributed by atoms with Crippen LogP contribution in [0.1, 0.15) is 5.69 Å². The minimum absolute atomic E-state index is 0.131. The summed E-state index contributed by atoms with van der Waals surface area (Å²) in [6.07, 6.45) is 0. The van der Waals surface area contributed by atoms with Gasteiger partial charge in [-0.2, -0.15) is 5.10 Å². The maximum Gasteiger partial charge on any atom is 0.491 e. The van der Waals surface area contributed by atoms with Crippen LogP contribution < -0.4 is 16.5 Å². The van der Waals surface area contributed by atoms with E-state index in [9.17, 15) is 19.0 Å². The zero-order chi connectivity index (χ0) is 19.2. The van der Waals surface area contributed by atoms with E-state index in [0.29, 0.717) is 27.3 Å². The number of benzene rings is 2. The van der Waals surface area contributed by atoms with Crippen molar-refractivity contribution in [2.24, 2.45) is 0 Å². The highest BCUT2D eigenvalue weighted by molar-refractivity contribution is 7.70. The minimum atomic E-state index is -2.75. The number of nitrogens with zero attached hydrogens (tertiary/aromatic N) is 2. The number of nitrogen functional groups attached to an aromatic ring is 1. The van der Waals surface area contributed by atoms with E-state index in [-0.39, 0.29) is 16.8 Å². The fourth-order valence-corrected chi connectivity index (χ4v) is 3.70. The SMILES string of the molecule is Cc1nnc(N)c2ccc(-c3cc(P(C)(C)=O)cc(B(O)O)c3F)cc12. The van der Waals surface area contributed by atoms with Crippen LogP contribution in [0.25, 0.3) is 21.9 Å². The van der Waals surface area contributed by atoms with E-state index in [1.807, 2.05) is 0 Å². The van der Waals surface area contributed by atoms with Crippen molar-refractivity contribution in [3.63, 3.8) is 0 Å². The Kier molecular flexibility index (Phi) is 4.60. The summed E-state index contributed by atoms with van der Waals surface area (Å²) in [6.45, 7) is 4.84. The first kappa shape index (κ1) is 18.5. The second-order valence-electron chi connectivity index (χ2n) is 6.55. The normalized spacial score (nSPS) is 11.8. The molecular formula is C17H18BFN3O3P. The molecule has 0 saturated carbocycles. The van der Waals surface area contributed by atoms with E-state index in [1.54, 1.807) is 38.5 Å². The van der Waals surface area contributed by atoms with E-state index >= 15 is 0 Å². The minimum Gasteiger partial charge on any atom is -0.423 e. The standard InChI is InChI=1S/C17H18BFN3O3P/c1-9-13-6-10(4-5-12(13)17(20)22-21-9)14-7-11(26(2,3)25)8-15(16(14)19)18(23)24/h4-8,23-24H,1-3H3,(H2,20,22). The van der Waals surface area contributed by atoms with Gasteiger partial charge in [-0.15, -0.1) is 5.10 Å². The summed E-state index contributed by atoms with van der Waals surface area (Å²) < 4.78 is 27.4. The summed E-state index contributed by atoms with van der Waals surface area (Å²) >= 11 is 0. The van der Waals surface area contributed by atoms with Crippen LogP contribution in [-0.4, -0.2) is 40.7 Å². The Labute approximate surface area is 150 Å². The van der Waals surface area contributed by atoms with Crippen LogP contribution >= 0.6 is 7.14 Å². The molecule has 6 nitrogen and oxygen atoms in total. The molecule has 0 aliphatic heterocycles. The molecule has 3 rings (SSSR count). The van der Waals surface area contributed by atoms with E-state index in [1.165, 1.54) is 12.1 Å². The lowest BCUT2D eigenvalue weighted by Crippen LogP contribution is -2.35. The van der Waals surface area contributed by atoms with E-state index in [0.717, 1.165) is 0 Å². The van der Waals surface area contributed by atoms with Gasteiger partial charge in [0, 0.05) is 27.1 Å². The highest BCUT2D eigenvalue weighted by atomic mass is 31.2. The molecule has 0 saturated heterocycles. The third kappa shape index (κ3) is 3.23. The Morgan fingerprint density at radius 3 is 2.42 bits per heavy atom. The van der Waals surface area contributed by atoms with E-state index in [2.05, 4.69) is 10.2 Å². The van der Waals surface area contributed by atoms with Gasteiger partial charge in [0.25, 0.3) is 0 Å². The van der Waals surface area contributed by atoms with Gasteiger partial charge in [0.15, 0.2) is 5.82 Å². The van der Waals surface area contributed by atoms with Crippen molar-refractivity contribution >= 4 is 41.6 Å². The third-order valence-corrected chi connectivity index (χ3v) is 5.79. The number of aromatic nitrogens is 2. The second kappa shape index (κ2) is 6.47. The van der Waals surface area contributed by atoms with E-state index < -0.39 is 20.1 Å². The van der Waals surface area contributed by atoms with Gasteiger partial charge in [-0.3, -0.25) is 0 Å². The van der Waals surface area contributed by atoms with Crippen molar-refractivity contribution in [3.05, 3.63) is 41.8 Å². The summed E-state index contributed by atoms with van der Waals surface area (Å²) in [5.41, 5.74) is 6.77. The van der Waals surface area contributed by atoms with Gasteiger partial charge in [0.05, 0.1) is 5.69 Å². The molecule has 0 aliphatic rings. The molecule has 134 valence electrons. The Balaban J connectivity index is 2.32. The average Bonchev–Trinajstić information content (AvgIpc) is 2.57. The molecule has 0 aliphatic carbocycles. The number of hydrogen-bond acceptors (Lipinski definition) is 6. The average molecular weight is 373 g/mol. The second-order valence-corrected chi connectivity index (χ2v) is 9.77. The van der Waals surface area contributed by atoms with Crippen molar-refractivity contribution in [2.45, 2.75) is 6.92 Å². The molecule has 0 spiro atoms. The lowest BCUT2D eigenvalue weighted by molar-refractivity contribution is 0.423. The molecule has 1 heterocycles. The highest BCUT2D eigenvalue weighted by Crippen LogP contribution is 2.37. The summed E-state index contributed by atoms with van der Waals surface area (Å²) in [4.78, 5) is 0. The smallest absolute Gasteiger partial charge is 0.423 e. The number of fused-ring (bicyclic) bond motifs is 1. The number of aryl methyl sites for hydroxylation is 1. The summed E-state index contributed by atoms with van der Waals surface area (Å²) in [6, 6.07) is 7.80. The van der Waals surface area contributed by atoms with E-state index in [4.69, 9.17) is 5.73 Å². The topological polar surface area (TPSA) is 109 Å². The molecule has 0 amide bonds. The molecule has 26 heavy (non-hydrogen) atoms. The Bertz CT molecular complexity index is 1070. The van der Waals surface area contributed by atoms with Gasteiger partial charge in [-0.1, -0.05) is 6.07 Å². The molecule has 0 bridgehead atoms. The molecule has 2 aromatic carbocycles. The molecular weight excluding hydrogens is 355 g/mol. The molecule has 9 heteroatoms. The summed E-state index contributed by atoms with van der Waals surface area (Å²) in [5.74, 6) is -0.506. The Morgan fingerprint density at radius 1 is 1.12 bits per heavy atom. The van der Waals surface area contributed by atoms with Gasteiger partial charge < -0.3 is 20.3 Å². The highest BCUT2D eigenvalue weighted by Gasteiger charge is 2.25.